The molecule has 0 saturated heterocycles. The van der Waals surface area contributed by atoms with Gasteiger partial charge in [0.2, 0.25) is 0 Å². The molecule has 3 heteroatoms. The highest BCUT2D eigenvalue weighted by atomic mass is 19.1. The van der Waals surface area contributed by atoms with E-state index in [1.807, 2.05) is 0 Å². The van der Waals surface area contributed by atoms with Crippen molar-refractivity contribution in [1.29, 1.82) is 0 Å². The first-order chi connectivity index (χ1) is 7.04. The van der Waals surface area contributed by atoms with Crippen LogP contribution in [0.2, 0.25) is 0 Å². The van der Waals surface area contributed by atoms with Crippen LogP contribution >= 0.6 is 0 Å². The van der Waals surface area contributed by atoms with Gasteiger partial charge in [-0.2, -0.15) is 0 Å². The van der Waals surface area contributed by atoms with E-state index in [9.17, 15) is 4.39 Å². The van der Waals surface area contributed by atoms with Gasteiger partial charge in [0.25, 0.3) is 0 Å². The van der Waals surface area contributed by atoms with Crippen LogP contribution in [0.4, 0.5) is 4.39 Å². The molecule has 2 N–H and O–H groups in total. The molecule has 0 bridgehead atoms. The Morgan fingerprint density at radius 2 is 2.13 bits per heavy atom. The fourth-order valence-corrected chi connectivity index (χ4v) is 1.74. The van der Waals surface area contributed by atoms with E-state index in [-0.39, 0.29) is 11.4 Å². The predicted molar refractivity (Wildman–Crippen MR) is 57.5 cm³/mol. The first kappa shape index (κ1) is 10.4. The molecule has 0 amide bonds. The lowest BCUT2D eigenvalue weighted by Gasteiger charge is -2.13. The minimum Gasteiger partial charge on any atom is -0.496 e. The summed E-state index contributed by atoms with van der Waals surface area (Å²) in [5, 5.41) is 0. The van der Waals surface area contributed by atoms with E-state index in [4.69, 9.17) is 10.5 Å². The minimum atomic E-state index is -0.185. The van der Waals surface area contributed by atoms with E-state index >= 15 is 0 Å². The van der Waals surface area contributed by atoms with Gasteiger partial charge in [-0.15, -0.1) is 0 Å². The molecule has 1 aromatic carbocycles. The fraction of sp³-hybridized carbons (Fsp3) is 0.500. The zero-order valence-electron chi connectivity index (χ0n) is 9.14. The summed E-state index contributed by atoms with van der Waals surface area (Å²) in [5.74, 6) is 0.556. The lowest BCUT2D eigenvalue weighted by atomic mass is 10.0. The van der Waals surface area contributed by atoms with Gasteiger partial charge < -0.3 is 10.5 Å². The second-order valence-electron chi connectivity index (χ2n) is 4.45. The van der Waals surface area contributed by atoms with Crippen molar-refractivity contribution >= 4 is 0 Å². The van der Waals surface area contributed by atoms with Crippen molar-refractivity contribution in [2.45, 2.75) is 31.7 Å². The van der Waals surface area contributed by atoms with Crippen LogP contribution in [0.5, 0.6) is 5.75 Å². The molecule has 0 heterocycles. The van der Waals surface area contributed by atoms with Crippen molar-refractivity contribution in [2.24, 2.45) is 5.73 Å². The van der Waals surface area contributed by atoms with Crippen LogP contribution in [0.25, 0.3) is 0 Å². The highest BCUT2D eigenvalue weighted by Crippen LogP contribution is 2.38. The Morgan fingerprint density at radius 1 is 1.47 bits per heavy atom. The van der Waals surface area contributed by atoms with Crippen molar-refractivity contribution in [1.82, 2.24) is 0 Å². The van der Waals surface area contributed by atoms with E-state index < -0.39 is 0 Å². The zero-order chi connectivity index (χ0) is 11.1. The molecule has 1 saturated carbocycles. The van der Waals surface area contributed by atoms with Crippen molar-refractivity contribution < 1.29 is 9.13 Å². The van der Waals surface area contributed by atoms with Crippen LogP contribution in [-0.2, 0) is 6.42 Å². The normalized spacial score (nSPS) is 17.6. The van der Waals surface area contributed by atoms with Crippen molar-refractivity contribution in [3.63, 3.8) is 0 Å². The van der Waals surface area contributed by atoms with Gasteiger partial charge in [0, 0.05) is 5.54 Å². The summed E-state index contributed by atoms with van der Waals surface area (Å²) in [5.41, 5.74) is 7.38. The molecule has 15 heavy (non-hydrogen) atoms. The molecule has 82 valence electrons. The summed E-state index contributed by atoms with van der Waals surface area (Å²) in [4.78, 5) is 0. The third-order valence-corrected chi connectivity index (χ3v) is 3.00. The van der Waals surface area contributed by atoms with E-state index in [1.54, 1.807) is 26.2 Å². The zero-order valence-corrected chi connectivity index (χ0v) is 9.14. The Bertz CT molecular complexity index is 385. The minimum absolute atomic E-state index is 0.116. The molecule has 2 rings (SSSR count). The maximum atomic E-state index is 13.4. The van der Waals surface area contributed by atoms with Crippen LogP contribution in [-0.4, -0.2) is 12.6 Å². The maximum absolute atomic E-state index is 13.4. The third-order valence-electron chi connectivity index (χ3n) is 3.00. The highest BCUT2D eigenvalue weighted by molar-refractivity contribution is 5.39. The molecule has 1 aliphatic carbocycles. The number of rotatable bonds is 3. The summed E-state index contributed by atoms with van der Waals surface area (Å²) in [7, 11) is 1.60. The second-order valence-corrected chi connectivity index (χ2v) is 4.45. The molecule has 1 fully saturated rings. The van der Waals surface area contributed by atoms with Crippen molar-refractivity contribution in [3.8, 4) is 5.75 Å². The number of nitrogens with two attached hydrogens (primary N) is 1. The molecule has 0 atom stereocenters. The fourth-order valence-electron chi connectivity index (χ4n) is 1.74. The molecule has 0 radical (unpaired) electrons. The number of hydrogen-bond donors (Lipinski definition) is 1. The van der Waals surface area contributed by atoms with E-state index in [0.717, 1.165) is 24.2 Å². The van der Waals surface area contributed by atoms with Crippen LogP contribution in [0.15, 0.2) is 12.1 Å². The topological polar surface area (TPSA) is 35.2 Å². The molecule has 0 aromatic heterocycles. The molecule has 0 aliphatic heterocycles. The van der Waals surface area contributed by atoms with Gasteiger partial charge in [0.05, 0.1) is 7.11 Å². The van der Waals surface area contributed by atoms with Crippen molar-refractivity contribution in [3.05, 3.63) is 29.1 Å². The average Bonchev–Trinajstić information content (AvgIpc) is 2.89. The van der Waals surface area contributed by atoms with Crippen LogP contribution in [0.1, 0.15) is 24.0 Å². The number of hydrogen-bond acceptors (Lipinski definition) is 2. The van der Waals surface area contributed by atoms with Crippen LogP contribution < -0.4 is 10.5 Å². The molecule has 1 aromatic rings. The monoisotopic (exact) mass is 209 g/mol. The first-order valence-electron chi connectivity index (χ1n) is 5.16. The number of benzene rings is 1. The average molecular weight is 209 g/mol. The summed E-state index contributed by atoms with van der Waals surface area (Å²) in [6.45, 7) is 1.73. The van der Waals surface area contributed by atoms with Gasteiger partial charge in [0.15, 0.2) is 0 Å². The Labute approximate surface area is 89.2 Å². The number of aryl methyl sites for hydroxylation is 1. The summed E-state index contributed by atoms with van der Waals surface area (Å²) in [6, 6.07) is 3.28. The molecule has 1 aliphatic rings. The largest absolute Gasteiger partial charge is 0.496 e. The lowest BCUT2D eigenvalue weighted by molar-refractivity contribution is 0.405. The van der Waals surface area contributed by atoms with Gasteiger partial charge in [-0.1, -0.05) is 0 Å². The maximum Gasteiger partial charge on any atom is 0.126 e. The number of methoxy groups -OCH3 is 1. The van der Waals surface area contributed by atoms with E-state index in [1.165, 1.54) is 0 Å². The van der Waals surface area contributed by atoms with Gasteiger partial charge in [-0.3, -0.25) is 0 Å². The summed E-state index contributed by atoms with van der Waals surface area (Å²) < 4.78 is 18.6. The Hall–Kier alpha value is -1.09. The molecular formula is C12H16FNO. The predicted octanol–water partition coefficient (Wildman–Crippen LogP) is 2.18. The van der Waals surface area contributed by atoms with Crippen molar-refractivity contribution in [2.75, 3.05) is 7.11 Å². The van der Waals surface area contributed by atoms with Gasteiger partial charge in [0.1, 0.15) is 11.6 Å². The molecular weight excluding hydrogens is 193 g/mol. The Balaban J connectivity index is 2.31. The quantitative estimate of drug-likeness (QED) is 0.828. The SMILES string of the molecule is COc1cc(C)c(F)cc1CC1(N)CC1. The molecule has 2 nitrogen and oxygen atoms in total. The second kappa shape index (κ2) is 3.49. The smallest absolute Gasteiger partial charge is 0.126 e. The van der Waals surface area contributed by atoms with E-state index in [0.29, 0.717) is 12.0 Å². The Kier molecular flexibility index (Phi) is 2.43. The van der Waals surface area contributed by atoms with Gasteiger partial charge in [-0.05, 0) is 49.4 Å². The number of halogens is 1. The standard InChI is InChI=1S/C12H16FNO/c1-8-5-11(15-2)9(6-10(8)13)7-12(14)3-4-12/h5-6H,3-4,7,14H2,1-2H3. The lowest BCUT2D eigenvalue weighted by Crippen LogP contribution is -2.24. The van der Waals surface area contributed by atoms with Gasteiger partial charge in [-0.25, -0.2) is 4.39 Å². The van der Waals surface area contributed by atoms with Crippen LogP contribution in [0.3, 0.4) is 0 Å². The third kappa shape index (κ3) is 2.12. The highest BCUT2D eigenvalue weighted by Gasteiger charge is 2.38. The summed E-state index contributed by atoms with van der Waals surface area (Å²) in [6.07, 6.45) is 2.74. The first-order valence-corrected chi connectivity index (χ1v) is 5.16. The molecule has 0 spiro atoms. The molecule has 0 unspecified atom stereocenters. The van der Waals surface area contributed by atoms with Crippen LogP contribution in [0, 0.1) is 12.7 Å². The van der Waals surface area contributed by atoms with E-state index in [2.05, 4.69) is 0 Å². The number of ether oxygens (including phenoxy) is 1. The van der Waals surface area contributed by atoms with Gasteiger partial charge >= 0.3 is 0 Å². The Morgan fingerprint density at radius 3 is 2.67 bits per heavy atom. The summed E-state index contributed by atoms with van der Waals surface area (Å²) >= 11 is 0.